The minimum atomic E-state index is 0.496. The molecule has 2 nitrogen and oxygen atoms in total. The van der Waals surface area contributed by atoms with Gasteiger partial charge in [-0.25, -0.2) is 4.79 Å². The lowest BCUT2D eigenvalue weighted by Crippen LogP contribution is -2.09. The van der Waals surface area contributed by atoms with Crippen LogP contribution in [0, 0.1) is 5.92 Å². The van der Waals surface area contributed by atoms with E-state index in [4.69, 9.17) is 0 Å². The molecule has 70 valence electrons. The first kappa shape index (κ1) is 9.94. The summed E-state index contributed by atoms with van der Waals surface area (Å²) in [7, 11) is 0. The Hall–Kier alpha value is -1.14. The van der Waals surface area contributed by atoms with E-state index in [-0.39, 0.29) is 0 Å². The summed E-state index contributed by atoms with van der Waals surface area (Å²) in [6.45, 7) is 8.00. The topological polar surface area (TPSA) is 29.4 Å². The van der Waals surface area contributed by atoms with Crippen molar-refractivity contribution >= 4 is 6.08 Å². The van der Waals surface area contributed by atoms with Crippen LogP contribution in [0.4, 0.5) is 0 Å². The van der Waals surface area contributed by atoms with E-state index in [2.05, 4.69) is 11.6 Å². The molecule has 1 atom stereocenters. The average Bonchev–Trinajstić information content (AvgIpc) is 2.08. The number of isocyanates is 1. The van der Waals surface area contributed by atoms with E-state index < -0.39 is 0 Å². The van der Waals surface area contributed by atoms with E-state index in [0.29, 0.717) is 5.92 Å². The Labute approximate surface area is 79.1 Å². The van der Waals surface area contributed by atoms with Crippen LogP contribution in [0.5, 0.6) is 0 Å². The second-order valence-corrected chi connectivity index (χ2v) is 3.72. The highest BCUT2D eigenvalue weighted by Gasteiger charge is 2.18. The van der Waals surface area contributed by atoms with E-state index in [9.17, 15) is 4.79 Å². The molecule has 0 aromatic heterocycles. The van der Waals surface area contributed by atoms with Crippen LogP contribution in [-0.2, 0) is 4.79 Å². The maximum Gasteiger partial charge on any atom is 0.240 e. The highest BCUT2D eigenvalue weighted by atomic mass is 16.1. The number of carbonyl (C=O) groups excluding carboxylic acids is 1. The van der Waals surface area contributed by atoms with Gasteiger partial charge >= 0.3 is 0 Å². The summed E-state index contributed by atoms with van der Waals surface area (Å²) in [4.78, 5) is 13.9. The number of rotatable bonds is 2. The Kier molecular flexibility index (Phi) is 3.21. The molecule has 2 heteroatoms. The van der Waals surface area contributed by atoms with E-state index in [1.54, 1.807) is 6.08 Å². The van der Waals surface area contributed by atoms with Gasteiger partial charge in [0.15, 0.2) is 0 Å². The maximum atomic E-state index is 10.1. The molecule has 0 aromatic carbocycles. The molecule has 0 saturated heterocycles. The first-order valence-electron chi connectivity index (χ1n) is 4.57. The van der Waals surface area contributed by atoms with Gasteiger partial charge in [-0.3, -0.25) is 0 Å². The van der Waals surface area contributed by atoms with Crippen LogP contribution in [0.2, 0.25) is 0 Å². The van der Waals surface area contributed by atoms with Crippen molar-refractivity contribution in [3.63, 3.8) is 0 Å². The number of allylic oxidation sites excluding steroid dienone is 3. The predicted molar refractivity (Wildman–Crippen MR) is 53.0 cm³/mol. The van der Waals surface area contributed by atoms with Gasteiger partial charge in [-0.15, -0.1) is 0 Å². The van der Waals surface area contributed by atoms with Crippen LogP contribution in [0.1, 0.15) is 33.1 Å². The van der Waals surface area contributed by atoms with Crippen LogP contribution in [-0.4, -0.2) is 6.08 Å². The molecular weight excluding hydrogens is 162 g/mol. The molecule has 0 radical (unpaired) electrons. The van der Waals surface area contributed by atoms with Gasteiger partial charge in [0.1, 0.15) is 0 Å². The first-order chi connectivity index (χ1) is 6.15. The molecule has 0 bridgehead atoms. The van der Waals surface area contributed by atoms with Crippen molar-refractivity contribution in [2.75, 3.05) is 0 Å². The summed E-state index contributed by atoms with van der Waals surface area (Å²) in [5, 5.41) is 0. The average molecular weight is 177 g/mol. The van der Waals surface area contributed by atoms with E-state index in [1.165, 1.54) is 11.1 Å². The SMILES string of the molecule is C=C(C)[C@@H]1CCC(C)=C(N=C=O)C1. The minimum absolute atomic E-state index is 0.496. The van der Waals surface area contributed by atoms with Gasteiger partial charge in [-0.05, 0) is 39.0 Å². The number of nitrogens with zero attached hydrogens (tertiary/aromatic N) is 1. The molecule has 0 aromatic rings. The highest BCUT2D eigenvalue weighted by Crippen LogP contribution is 2.33. The zero-order chi connectivity index (χ0) is 9.84. The van der Waals surface area contributed by atoms with Crippen molar-refractivity contribution in [3.05, 3.63) is 23.4 Å². The lowest BCUT2D eigenvalue weighted by atomic mass is 9.84. The summed E-state index contributed by atoms with van der Waals surface area (Å²) in [6, 6.07) is 0. The molecule has 0 spiro atoms. The monoisotopic (exact) mass is 177 g/mol. The number of aliphatic imine (C=N–C) groups is 1. The van der Waals surface area contributed by atoms with Gasteiger partial charge in [-0.2, -0.15) is 4.99 Å². The van der Waals surface area contributed by atoms with Crippen LogP contribution >= 0.6 is 0 Å². The van der Waals surface area contributed by atoms with Gasteiger partial charge in [0.25, 0.3) is 0 Å². The van der Waals surface area contributed by atoms with E-state index in [0.717, 1.165) is 25.0 Å². The molecule has 0 amide bonds. The van der Waals surface area contributed by atoms with Gasteiger partial charge in [0, 0.05) is 0 Å². The Morgan fingerprint density at radius 1 is 1.69 bits per heavy atom. The van der Waals surface area contributed by atoms with Gasteiger partial charge in [0.05, 0.1) is 5.70 Å². The van der Waals surface area contributed by atoms with E-state index in [1.807, 2.05) is 13.8 Å². The van der Waals surface area contributed by atoms with Crippen molar-refractivity contribution in [2.45, 2.75) is 33.1 Å². The Balaban J connectivity index is 2.81. The highest BCUT2D eigenvalue weighted by molar-refractivity contribution is 5.38. The third-order valence-electron chi connectivity index (χ3n) is 2.68. The Morgan fingerprint density at radius 3 is 2.92 bits per heavy atom. The Bertz CT molecular complexity index is 295. The zero-order valence-electron chi connectivity index (χ0n) is 8.26. The lowest BCUT2D eigenvalue weighted by Gasteiger charge is -2.23. The molecule has 0 N–H and O–H groups in total. The molecular formula is C11H15NO. The summed E-state index contributed by atoms with van der Waals surface area (Å²) in [6.07, 6.45) is 4.64. The quantitative estimate of drug-likeness (QED) is 0.362. The predicted octanol–water partition coefficient (Wildman–Crippen LogP) is 2.97. The molecule has 1 aliphatic rings. The summed E-state index contributed by atoms with van der Waals surface area (Å²) in [5.41, 5.74) is 3.32. The molecule has 0 fully saturated rings. The van der Waals surface area contributed by atoms with Crippen LogP contribution in [0.3, 0.4) is 0 Å². The van der Waals surface area contributed by atoms with Crippen LogP contribution in [0.15, 0.2) is 28.4 Å². The smallest absolute Gasteiger partial charge is 0.211 e. The van der Waals surface area contributed by atoms with Crippen molar-refractivity contribution < 1.29 is 4.79 Å². The molecule has 1 aliphatic carbocycles. The van der Waals surface area contributed by atoms with E-state index >= 15 is 0 Å². The summed E-state index contributed by atoms with van der Waals surface area (Å²) < 4.78 is 0. The maximum absolute atomic E-state index is 10.1. The molecule has 1 rings (SSSR count). The summed E-state index contributed by atoms with van der Waals surface area (Å²) >= 11 is 0. The van der Waals surface area contributed by atoms with Gasteiger partial charge in [0.2, 0.25) is 6.08 Å². The molecule has 0 saturated carbocycles. The number of hydrogen-bond acceptors (Lipinski definition) is 2. The Morgan fingerprint density at radius 2 is 2.38 bits per heavy atom. The van der Waals surface area contributed by atoms with Crippen molar-refractivity contribution in [1.29, 1.82) is 0 Å². The van der Waals surface area contributed by atoms with Crippen LogP contribution in [0.25, 0.3) is 0 Å². The minimum Gasteiger partial charge on any atom is -0.211 e. The standard InChI is InChI=1S/C11H15NO/c1-8(2)10-5-4-9(3)11(6-10)12-7-13/h10H,1,4-6H2,2-3H3/t10-/m1/s1. The lowest BCUT2D eigenvalue weighted by molar-refractivity contribution is 0.515. The van der Waals surface area contributed by atoms with Gasteiger partial charge in [-0.1, -0.05) is 17.7 Å². The molecule has 13 heavy (non-hydrogen) atoms. The third-order valence-corrected chi connectivity index (χ3v) is 2.68. The molecule has 0 heterocycles. The largest absolute Gasteiger partial charge is 0.240 e. The fourth-order valence-corrected chi connectivity index (χ4v) is 1.66. The molecule has 0 aliphatic heterocycles. The summed E-state index contributed by atoms with van der Waals surface area (Å²) in [5.74, 6) is 0.496. The zero-order valence-corrected chi connectivity index (χ0v) is 8.26. The van der Waals surface area contributed by atoms with Gasteiger partial charge < -0.3 is 0 Å². The number of hydrogen-bond donors (Lipinski definition) is 0. The van der Waals surface area contributed by atoms with Crippen molar-refractivity contribution in [1.82, 2.24) is 0 Å². The normalized spacial score (nSPS) is 22.5. The fraction of sp³-hybridized carbons (Fsp3) is 0.545. The second kappa shape index (κ2) is 4.20. The van der Waals surface area contributed by atoms with Crippen molar-refractivity contribution in [3.8, 4) is 0 Å². The first-order valence-corrected chi connectivity index (χ1v) is 4.57. The van der Waals surface area contributed by atoms with Crippen LogP contribution < -0.4 is 0 Å². The fourth-order valence-electron chi connectivity index (χ4n) is 1.66. The second-order valence-electron chi connectivity index (χ2n) is 3.72. The molecule has 0 unspecified atom stereocenters. The third kappa shape index (κ3) is 2.40. The van der Waals surface area contributed by atoms with Crippen molar-refractivity contribution in [2.24, 2.45) is 10.9 Å².